The number of nitrogens with one attached hydrogen (secondary N) is 1. The Kier molecular flexibility index (Phi) is 6.00. The van der Waals surface area contributed by atoms with E-state index in [0.717, 1.165) is 5.56 Å². The van der Waals surface area contributed by atoms with Gasteiger partial charge in [0.2, 0.25) is 0 Å². The third-order valence-electron chi connectivity index (χ3n) is 4.37. The van der Waals surface area contributed by atoms with E-state index < -0.39 is 29.7 Å². The predicted octanol–water partition coefficient (Wildman–Crippen LogP) is -0.0634. The van der Waals surface area contributed by atoms with Gasteiger partial charge in [0, 0.05) is 12.6 Å². The predicted molar refractivity (Wildman–Crippen MR) is 92.7 cm³/mol. The average molecular weight is 362 g/mol. The highest BCUT2D eigenvalue weighted by atomic mass is 16.5. The molecule has 1 aromatic carbocycles. The fourth-order valence-corrected chi connectivity index (χ4v) is 2.91. The lowest BCUT2D eigenvalue weighted by Crippen LogP contribution is -2.34. The number of aliphatic hydroxyl groups is 2. The van der Waals surface area contributed by atoms with Crippen molar-refractivity contribution in [3.8, 4) is 0 Å². The van der Waals surface area contributed by atoms with E-state index in [4.69, 9.17) is 14.6 Å². The zero-order valence-corrected chi connectivity index (χ0v) is 14.2. The van der Waals surface area contributed by atoms with Gasteiger partial charge in [0.1, 0.15) is 12.3 Å². The van der Waals surface area contributed by atoms with Gasteiger partial charge in [0.05, 0.1) is 31.5 Å². The summed E-state index contributed by atoms with van der Waals surface area (Å²) in [5.74, 6) is 0. The van der Waals surface area contributed by atoms with Gasteiger partial charge >= 0.3 is 5.69 Å². The molecule has 2 heterocycles. The first-order chi connectivity index (χ1) is 12.6. The third-order valence-corrected chi connectivity index (χ3v) is 4.37. The number of hydrogen-bond donors (Lipinski definition) is 3. The van der Waals surface area contributed by atoms with Crippen LogP contribution in [0.5, 0.6) is 0 Å². The SMILES string of the molecule is O=c1[nH]c(=O)n([C@H]2C[C@H](O)[C@@H](CO)O2)cc1COCCc1ccccc1. The molecule has 3 atom stereocenters. The lowest BCUT2D eigenvalue weighted by molar-refractivity contribution is -0.0461. The molecule has 0 radical (unpaired) electrons. The molecule has 1 saturated heterocycles. The van der Waals surface area contributed by atoms with Crippen molar-refractivity contribution in [2.75, 3.05) is 13.2 Å². The Bertz CT molecular complexity index is 832. The van der Waals surface area contributed by atoms with Crippen LogP contribution in [0.2, 0.25) is 0 Å². The number of nitrogens with zero attached hydrogens (tertiary/aromatic N) is 1. The van der Waals surface area contributed by atoms with Crippen molar-refractivity contribution in [3.05, 3.63) is 68.5 Å². The van der Waals surface area contributed by atoms with Gasteiger partial charge in [-0.25, -0.2) is 4.79 Å². The summed E-state index contributed by atoms with van der Waals surface area (Å²) < 4.78 is 12.2. The molecule has 0 amide bonds. The lowest BCUT2D eigenvalue weighted by atomic mass is 10.2. The van der Waals surface area contributed by atoms with Gasteiger partial charge in [-0.15, -0.1) is 0 Å². The van der Waals surface area contributed by atoms with E-state index in [0.29, 0.717) is 18.6 Å². The molecule has 0 unspecified atom stereocenters. The first-order valence-corrected chi connectivity index (χ1v) is 8.49. The fraction of sp³-hybridized carbons (Fsp3) is 0.444. The van der Waals surface area contributed by atoms with Crippen LogP contribution in [-0.2, 0) is 22.5 Å². The molecule has 1 aromatic heterocycles. The van der Waals surface area contributed by atoms with Crippen molar-refractivity contribution >= 4 is 0 Å². The second kappa shape index (κ2) is 8.41. The van der Waals surface area contributed by atoms with Crippen LogP contribution in [0.3, 0.4) is 0 Å². The Hall–Kier alpha value is -2.26. The van der Waals surface area contributed by atoms with E-state index in [9.17, 15) is 14.7 Å². The van der Waals surface area contributed by atoms with E-state index in [-0.39, 0.29) is 19.6 Å². The van der Waals surface area contributed by atoms with Crippen molar-refractivity contribution in [2.45, 2.75) is 37.9 Å². The number of aliphatic hydroxyl groups excluding tert-OH is 2. The summed E-state index contributed by atoms with van der Waals surface area (Å²) >= 11 is 0. The Morgan fingerprint density at radius 1 is 1.27 bits per heavy atom. The lowest BCUT2D eigenvalue weighted by Gasteiger charge is -2.15. The summed E-state index contributed by atoms with van der Waals surface area (Å²) in [6.07, 6.45) is -0.0887. The molecule has 8 nitrogen and oxygen atoms in total. The van der Waals surface area contributed by atoms with Crippen LogP contribution in [0.15, 0.2) is 46.1 Å². The molecule has 140 valence electrons. The van der Waals surface area contributed by atoms with Crippen LogP contribution in [0, 0.1) is 0 Å². The Morgan fingerprint density at radius 2 is 2.04 bits per heavy atom. The highest BCUT2D eigenvalue weighted by Crippen LogP contribution is 2.27. The molecule has 2 aromatic rings. The van der Waals surface area contributed by atoms with Crippen LogP contribution < -0.4 is 11.2 Å². The normalized spacial score (nSPS) is 22.6. The molecule has 26 heavy (non-hydrogen) atoms. The second-order valence-electron chi connectivity index (χ2n) is 6.22. The van der Waals surface area contributed by atoms with Crippen LogP contribution in [0.1, 0.15) is 23.8 Å². The smallest absolute Gasteiger partial charge is 0.330 e. The number of ether oxygens (including phenoxy) is 2. The minimum Gasteiger partial charge on any atom is -0.394 e. The van der Waals surface area contributed by atoms with Crippen molar-refractivity contribution in [2.24, 2.45) is 0 Å². The standard InChI is InChI=1S/C18H22N2O6/c21-10-15-14(22)8-16(26-15)20-9-13(17(23)19-18(20)24)11-25-7-6-12-4-2-1-3-5-12/h1-5,9,14-16,21-22H,6-8,10-11H2,(H,19,23,24)/t14-,15+,16+/m0/s1. The monoisotopic (exact) mass is 362 g/mol. The second-order valence-corrected chi connectivity index (χ2v) is 6.22. The zero-order valence-electron chi connectivity index (χ0n) is 14.2. The topological polar surface area (TPSA) is 114 Å². The summed E-state index contributed by atoms with van der Waals surface area (Å²) in [4.78, 5) is 26.3. The number of benzene rings is 1. The molecular formula is C18H22N2O6. The molecule has 0 aliphatic carbocycles. The van der Waals surface area contributed by atoms with Gasteiger partial charge in [-0.1, -0.05) is 30.3 Å². The number of H-pyrrole nitrogens is 1. The van der Waals surface area contributed by atoms with Crippen molar-refractivity contribution < 1.29 is 19.7 Å². The van der Waals surface area contributed by atoms with Gasteiger partial charge in [0.25, 0.3) is 5.56 Å². The molecular weight excluding hydrogens is 340 g/mol. The maximum Gasteiger partial charge on any atom is 0.330 e. The van der Waals surface area contributed by atoms with E-state index in [1.807, 2.05) is 30.3 Å². The quantitative estimate of drug-likeness (QED) is 0.595. The molecule has 0 spiro atoms. The number of hydrogen-bond acceptors (Lipinski definition) is 6. The zero-order chi connectivity index (χ0) is 18.5. The summed E-state index contributed by atoms with van der Waals surface area (Å²) in [6.45, 7) is 0.153. The van der Waals surface area contributed by atoms with Crippen molar-refractivity contribution in [1.29, 1.82) is 0 Å². The highest BCUT2D eigenvalue weighted by molar-refractivity contribution is 5.14. The van der Waals surface area contributed by atoms with E-state index in [1.54, 1.807) is 0 Å². The third kappa shape index (κ3) is 4.28. The Morgan fingerprint density at radius 3 is 2.73 bits per heavy atom. The summed E-state index contributed by atoms with van der Waals surface area (Å²) in [6, 6.07) is 9.83. The minimum absolute atomic E-state index is 0.0567. The maximum absolute atomic E-state index is 12.0. The Balaban J connectivity index is 1.64. The first kappa shape index (κ1) is 18.5. The number of rotatable bonds is 7. The summed E-state index contributed by atoms with van der Waals surface area (Å²) in [5, 5.41) is 19.0. The number of aromatic nitrogens is 2. The molecule has 1 aliphatic heterocycles. The van der Waals surface area contributed by atoms with E-state index in [1.165, 1.54) is 10.8 Å². The van der Waals surface area contributed by atoms with Crippen LogP contribution >= 0.6 is 0 Å². The number of aromatic amines is 1. The molecule has 0 saturated carbocycles. The maximum atomic E-state index is 12.0. The molecule has 3 N–H and O–H groups in total. The summed E-state index contributed by atoms with van der Waals surface area (Å²) in [5.41, 5.74) is 0.292. The van der Waals surface area contributed by atoms with Gasteiger partial charge in [0.15, 0.2) is 0 Å². The van der Waals surface area contributed by atoms with Crippen LogP contribution in [0.4, 0.5) is 0 Å². The fourth-order valence-electron chi connectivity index (χ4n) is 2.91. The van der Waals surface area contributed by atoms with E-state index in [2.05, 4.69) is 4.98 Å². The molecule has 1 aliphatic rings. The summed E-state index contributed by atoms with van der Waals surface area (Å²) in [7, 11) is 0. The first-order valence-electron chi connectivity index (χ1n) is 8.49. The van der Waals surface area contributed by atoms with Crippen LogP contribution in [-0.4, -0.2) is 45.2 Å². The average Bonchev–Trinajstić information content (AvgIpc) is 3.01. The minimum atomic E-state index is -0.866. The molecule has 3 rings (SSSR count). The van der Waals surface area contributed by atoms with Gasteiger partial charge < -0.3 is 19.7 Å². The molecule has 0 bridgehead atoms. The van der Waals surface area contributed by atoms with Gasteiger partial charge in [-0.05, 0) is 12.0 Å². The molecule has 8 heteroatoms. The largest absolute Gasteiger partial charge is 0.394 e. The van der Waals surface area contributed by atoms with Crippen molar-refractivity contribution in [3.63, 3.8) is 0 Å². The van der Waals surface area contributed by atoms with Gasteiger partial charge in [-0.2, -0.15) is 0 Å². The van der Waals surface area contributed by atoms with Crippen molar-refractivity contribution in [1.82, 2.24) is 9.55 Å². The Labute approximate surface area is 149 Å². The molecule has 1 fully saturated rings. The van der Waals surface area contributed by atoms with Crippen LogP contribution in [0.25, 0.3) is 0 Å². The highest BCUT2D eigenvalue weighted by Gasteiger charge is 2.35. The van der Waals surface area contributed by atoms with E-state index >= 15 is 0 Å². The van der Waals surface area contributed by atoms with Gasteiger partial charge in [-0.3, -0.25) is 14.3 Å².